The van der Waals surface area contributed by atoms with Gasteiger partial charge in [-0.15, -0.1) is 11.3 Å². The van der Waals surface area contributed by atoms with Gasteiger partial charge in [0.05, 0.1) is 12.2 Å². The Labute approximate surface area is 258 Å². The third-order valence-corrected chi connectivity index (χ3v) is 8.41. The van der Waals surface area contributed by atoms with Crippen LogP contribution in [0.1, 0.15) is 60.6 Å². The molecule has 7 nitrogen and oxygen atoms in total. The van der Waals surface area contributed by atoms with Crippen molar-refractivity contribution < 1.29 is 27.5 Å². The van der Waals surface area contributed by atoms with Crippen LogP contribution in [0.3, 0.4) is 0 Å². The number of rotatable bonds is 11. The van der Waals surface area contributed by atoms with E-state index in [1.165, 1.54) is 17.4 Å². The first-order valence-electron chi connectivity index (χ1n) is 14.3. The summed E-state index contributed by atoms with van der Waals surface area (Å²) in [4.78, 5) is 33.0. The Morgan fingerprint density at radius 3 is 2.52 bits per heavy atom. The number of alkyl halides is 3. The summed E-state index contributed by atoms with van der Waals surface area (Å²) in [6.45, 7) is 3.15. The number of carbonyl (C=O) groups excluding carboxylic acids is 2. The molecule has 0 bridgehead atoms. The highest BCUT2D eigenvalue weighted by Crippen LogP contribution is 2.31. The van der Waals surface area contributed by atoms with Crippen LogP contribution in [0.5, 0.6) is 0 Å². The van der Waals surface area contributed by atoms with Gasteiger partial charge in [-0.05, 0) is 61.7 Å². The third kappa shape index (κ3) is 8.10. The van der Waals surface area contributed by atoms with Gasteiger partial charge in [0.2, 0.25) is 0 Å². The summed E-state index contributed by atoms with van der Waals surface area (Å²) in [5.41, 5.74) is 2.51. The van der Waals surface area contributed by atoms with E-state index in [-0.39, 0.29) is 37.2 Å². The SMILES string of the molecule is Cc1csc([C@H]2COCN2C(=O)c2cccc(C(=O)N[C@H](CCNCc3cccc(C(F)(F)F)c3)Cc3ccccc3)c2)n1. The van der Waals surface area contributed by atoms with Crippen LogP contribution in [0.2, 0.25) is 0 Å². The molecule has 1 fully saturated rings. The van der Waals surface area contributed by atoms with Crippen molar-refractivity contribution in [3.05, 3.63) is 123 Å². The minimum Gasteiger partial charge on any atom is -0.358 e. The minimum absolute atomic E-state index is 0.144. The van der Waals surface area contributed by atoms with Gasteiger partial charge in [0.25, 0.3) is 11.8 Å². The summed E-state index contributed by atoms with van der Waals surface area (Å²) in [5.74, 6) is -0.558. The Bertz CT molecular complexity index is 1580. The molecule has 2 N–H and O–H groups in total. The molecule has 0 saturated carbocycles. The number of halogens is 3. The van der Waals surface area contributed by atoms with E-state index in [1.54, 1.807) is 35.2 Å². The Balaban J connectivity index is 1.23. The van der Waals surface area contributed by atoms with Gasteiger partial charge < -0.3 is 20.3 Å². The number of aryl methyl sites for hydroxylation is 1. The normalized spacial score (nSPS) is 15.7. The molecule has 1 aliphatic rings. The summed E-state index contributed by atoms with van der Waals surface area (Å²) in [6, 6.07) is 21.0. The van der Waals surface area contributed by atoms with Crippen LogP contribution >= 0.6 is 11.3 Å². The molecule has 44 heavy (non-hydrogen) atoms. The second-order valence-corrected chi connectivity index (χ2v) is 11.6. The number of ether oxygens (including phenoxy) is 1. The molecule has 1 aliphatic heterocycles. The fourth-order valence-electron chi connectivity index (χ4n) is 5.09. The summed E-state index contributed by atoms with van der Waals surface area (Å²) < 4.78 is 44.8. The number of carbonyl (C=O) groups is 2. The molecular weight excluding hydrogens is 589 g/mol. The lowest BCUT2D eigenvalue weighted by atomic mass is 10.0. The highest BCUT2D eigenvalue weighted by Gasteiger charge is 2.34. The van der Waals surface area contributed by atoms with Crippen molar-refractivity contribution in [1.29, 1.82) is 0 Å². The monoisotopic (exact) mass is 622 g/mol. The Kier molecular flexibility index (Phi) is 10.1. The van der Waals surface area contributed by atoms with Gasteiger partial charge in [-0.1, -0.05) is 54.6 Å². The zero-order valence-corrected chi connectivity index (χ0v) is 25.0. The van der Waals surface area contributed by atoms with E-state index >= 15 is 0 Å². The van der Waals surface area contributed by atoms with Crippen LogP contribution < -0.4 is 10.6 Å². The number of amides is 2. The van der Waals surface area contributed by atoms with E-state index in [0.29, 0.717) is 42.7 Å². The molecule has 230 valence electrons. The van der Waals surface area contributed by atoms with Crippen molar-refractivity contribution in [2.45, 2.75) is 44.6 Å². The Morgan fingerprint density at radius 1 is 1.02 bits per heavy atom. The topological polar surface area (TPSA) is 83.6 Å². The van der Waals surface area contributed by atoms with Crippen LogP contribution in [-0.4, -0.2) is 47.6 Å². The first kappa shape index (κ1) is 31.4. The number of hydrogen-bond donors (Lipinski definition) is 2. The molecule has 0 spiro atoms. The fraction of sp³-hybridized carbons (Fsp3) is 0.303. The Hall–Kier alpha value is -4.06. The molecular formula is C33H33F3N4O3S. The molecule has 3 aromatic carbocycles. The predicted molar refractivity (Wildman–Crippen MR) is 162 cm³/mol. The number of thiazole rings is 1. The first-order valence-corrected chi connectivity index (χ1v) is 15.2. The van der Waals surface area contributed by atoms with E-state index in [1.807, 2.05) is 42.6 Å². The molecule has 2 amide bonds. The lowest BCUT2D eigenvalue weighted by Crippen LogP contribution is -2.38. The average Bonchev–Trinajstić information content (AvgIpc) is 3.68. The second kappa shape index (κ2) is 14.1. The smallest absolute Gasteiger partial charge is 0.358 e. The van der Waals surface area contributed by atoms with Crippen LogP contribution in [0, 0.1) is 6.92 Å². The van der Waals surface area contributed by atoms with Gasteiger partial charge in [0.15, 0.2) is 0 Å². The maximum atomic E-state index is 13.5. The summed E-state index contributed by atoms with van der Waals surface area (Å²) in [7, 11) is 0. The van der Waals surface area contributed by atoms with Gasteiger partial charge in [-0.2, -0.15) is 13.2 Å². The number of nitrogens with one attached hydrogen (secondary N) is 2. The minimum atomic E-state index is -4.40. The van der Waals surface area contributed by atoms with Gasteiger partial charge in [0, 0.05) is 34.8 Å². The number of hydrogen-bond acceptors (Lipinski definition) is 6. The van der Waals surface area contributed by atoms with Crippen molar-refractivity contribution in [3.63, 3.8) is 0 Å². The molecule has 11 heteroatoms. The molecule has 2 atom stereocenters. The quantitative estimate of drug-likeness (QED) is 0.196. The molecule has 1 aromatic heterocycles. The maximum Gasteiger partial charge on any atom is 0.416 e. The Morgan fingerprint density at radius 2 is 1.77 bits per heavy atom. The van der Waals surface area contributed by atoms with Crippen molar-refractivity contribution >= 4 is 23.2 Å². The summed E-state index contributed by atoms with van der Waals surface area (Å²) in [5, 5.41) is 9.05. The van der Waals surface area contributed by atoms with Gasteiger partial charge in [-0.3, -0.25) is 9.59 Å². The molecule has 0 aliphatic carbocycles. The van der Waals surface area contributed by atoms with Crippen molar-refractivity contribution in [2.75, 3.05) is 19.9 Å². The van der Waals surface area contributed by atoms with E-state index in [4.69, 9.17) is 4.74 Å². The van der Waals surface area contributed by atoms with E-state index in [2.05, 4.69) is 15.6 Å². The highest BCUT2D eigenvalue weighted by atomic mass is 32.1. The standard InChI is InChI=1S/C33H33F3N4O3S/c1-22-20-44-31(38-22)29-19-43-21-40(29)32(42)26-11-6-10-25(17-26)30(41)39-28(16-23-7-3-2-4-8-23)13-14-37-18-24-9-5-12-27(15-24)33(34,35)36/h2-12,15,17,20,28-29,37H,13-14,16,18-19,21H2,1H3,(H,39,41)/t28-,29-/m1/s1. The van der Waals surface area contributed by atoms with E-state index < -0.39 is 11.7 Å². The summed E-state index contributed by atoms with van der Waals surface area (Å²) >= 11 is 1.49. The van der Waals surface area contributed by atoms with E-state index in [9.17, 15) is 22.8 Å². The van der Waals surface area contributed by atoms with Crippen LogP contribution in [0.4, 0.5) is 13.2 Å². The lowest BCUT2D eigenvalue weighted by Gasteiger charge is -2.22. The molecule has 1 saturated heterocycles. The zero-order valence-electron chi connectivity index (χ0n) is 24.1. The summed E-state index contributed by atoms with van der Waals surface area (Å²) in [6.07, 6.45) is -3.29. The second-order valence-electron chi connectivity index (χ2n) is 10.7. The fourth-order valence-corrected chi connectivity index (χ4v) is 5.98. The molecule has 2 heterocycles. The van der Waals surface area contributed by atoms with Gasteiger partial charge in [-0.25, -0.2) is 4.98 Å². The first-order chi connectivity index (χ1) is 21.2. The molecule has 0 unspecified atom stereocenters. The zero-order chi connectivity index (χ0) is 31.1. The average molecular weight is 623 g/mol. The number of benzene rings is 3. The lowest BCUT2D eigenvalue weighted by molar-refractivity contribution is -0.137. The van der Waals surface area contributed by atoms with Crippen molar-refractivity contribution in [1.82, 2.24) is 20.5 Å². The van der Waals surface area contributed by atoms with Gasteiger partial charge in [0.1, 0.15) is 17.8 Å². The molecule has 0 radical (unpaired) electrons. The predicted octanol–water partition coefficient (Wildman–Crippen LogP) is 6.16. The maximum absolute atomic E-state index is 13.5. The van der Waals surface area contributed by atoms with Crippen LogP contribution in [0.25, 0.3) is 0 Å². The van der Waals surface area contributed by atoms with Crippen molar-refractivity contribution in [3.8, 4) is 0 Å². The highest BCUT2D eigenvalue weighted by molar-refractivity contribution is 7.09. The number of nitrogens with zero attached hydrogens (tertiary/aromatic N) is 2. The van der Waals surface area contributed by atoms with Crippen molar-refractivity contribution in [2.24, 2.45) is 0 Å². The van der Waals surface area contributed by atoms with Crippen LogP contribution in [-0.2, 0) is 23.9 Å². The third-order valence-electron chi connectivity index (χ3n) is 7.35. The largest absolute Gasteiger partial charge is 0.416 e. The number of aromatic nitrogens is 1. The van der Waals surface area contributed by atoms with Gasteiger partial charge >= 0.3 is 6.18 Å². The van der Waals surface area contributed by atoms with Crippen LogP contribution in [0.15, 0.2) is 84.2 Å². The molecule has 5 rings (SSSR count). The van der Waals surface area contributed by atoms with E-state index in [0.717, 1.165) is 28.4 Å². The molecule has 4 aromatic rings.